The molecule has 1 aromatic heterocycles. The molecule has 0 radical (unpaired) electrons. The van der Waals surface area contributed by atoms with Crippen LogP contribution in [0.3, 0.4) is 0 Å². The quantitative estimate of drug-likeness (QED) is 0.624. The number of carbonyl (C=O) groups excluding carboxylic acids is 1. The van der Waals surface area contributed by atoms with E-state index in [1.807, 2.05) is 17.5 Å². The third kappa shape index (κ3) is 5.11. The van der Waals surface area contributed by atoms with Crippen LogP contribution in [0.1, 0.15) is 35.7 Å². The molecule has 4 nitrogen and oxygen atoms in total. The SMILES string of the molecule is Cc1cccc(-c2nc(CC(=O)NCC(c3ccccc3)N3CCCC3)cs2)c1. The molecular weight excluding hydrogens is 378 g/mol. The van der Waals surface area contributed by atoms with E-state index in [1.54, 1.807) is 11.3 Å². The molecule has 1 aliphatic rings. The number of hydrogen-bond acceptors (Lipinski definition) is 4. The predicted molar refractivity (Wildman–Crippen MR) is 119 cm³/mol. The van der Waals surface area contributed by atoms with Crippen molar-refractivity contribution in [2.75, 3.05) is 19.6 Å². The van der Waals surface area contributed by atoms with Crippen molar-refractivity contribution in [3.8, 4) is 10.6 Å². The van der Waals surface area contributed by atoms with Gasteiger partial charge in [-0.05, 0) is 44.5 Å². The van der Waals surface area contributed by atoms with Crippen molar-refractivity contribution in [2.45, 2.75) is 32.2 Å². The summed E-state index contributed by atoms with van der Waals surface area (Å²) in [5, 5.41) is 6.11. The van der Waals surface area contributed by atoms with Crippen LogP contribution < -0.4 is 5.32 Å². The third-order valence-corrected chi connectivity index (χ3v) is 6.36. The highest BCUT2D eigenvalue weighted by Crippen LogP contribution is 2.26. The number of aromatic nitrogens is 1. The summed E-state index contributed by atoms with van der Waals surface area (Å²) >= 11 is 1.60. The van der Waals surface area contributed by atoms with Crippen molar-refractivity contribution in [3.05, 3.63) is 76.8 Å². The number of amides is 1. The van der Waals surface area contributed by atoms with Gasteiger partial charge in [0.25, 0.3) is 0 Å². The van der Waals surface area contributed by atoms with Crippen LogP contribution in [-0.2, 0) is 11.2 Å². The van der Waals surface area contributed by atoms with E-state index < -0.39 is 0 Å². The Labute approximate surface area is 176 Å². The molecule has 1 amide bonds. The molecule has 4 rings (SSSR count). The van der Waals surface area contributed by atoms with Crippen molar-refractivity contribution < 1.29 is 4.79 Å². The van der Waals surface area contributed by atoms with Crippen LogP contribution in [0.25, 0.3) is 10.6 Å². The number of carbonyl (C=O) groups is 1. The second kappa shape index (κ2) is 9.33. The fourth-order valence-corrected chi connectivity index (χ4v) is 4.74. The molecular formula is C24H27N3OS. The largest absolute Gasteiger partial charge is 0.354 e. The summed E-state index contributed by atoms with van der Waals surface area (Å²) in [6.45, 7) is 4.91. The van der Waals surface area contributed by atoms with Crippen LogP contribution in [0.15, 0.2) is 60.0 Å². The molecule has 29 heavy (non-hydrogen) atoms. The molecule has 1 saturated heterocycles. The van der Waals surface area contributed by atoms with Crippen LogP contribution in [0.2, 0.25) is 0 Å². The molecule has 1 fully saturated rings. The average Bonchev–Trinajstić information content (AvgIpc) is 3.42. The van der Waals surface area contributed by atoms with Crippen LogP contribution in [-0.4, -0.2) is 35.4 Å². The van der Waals surface area contributed by atoms with E-state index in [2.05, 4.69) is 64.6 Å². The minimum atomic E-state index is 0.0335. The van der Waals surface area contributed by atoms with E-state index in [0.717, 1.165) is 29.4 Å². The Balaban J connectivity index is 1.37. The van der Waals surface area contributed by atoms with Gasteiger partial charge in [-0.3, -0.25) is 9.69 Å². The summed E-state index contributed by atoms with van der Waals surface area (Å²) in [6, 6.07) is 19.0. The maximum absolute atomic E-state index is 12.6. The third-order valence-electron chi connectivity index (χ3n) is 5.42. The summed E-state index contributed by atoms with van der Waals surface area (Å²) in [5.41, 5.74) is 4.43. The Kier molecular flexibility index (Phi) is 6.37. The number of hydrogen-bond donors (Lipinski definition) is 1. The molecule has 0 saturated carbocycles. The van der Waals surface area contributed by atoms with Gasteiger partial charge in [0.2, 0.25) is 5.91 Å². The average molecular weight is 406 g/mol. The summed E-state index contributed by atoms with van der Waals surface area (Å²) < 4.78 is 0. The first-order valence-electron chi connectivity index (χ1n) is 10.3. The summed E-state index contributed by atoms with van der Waals surface area (Å²) in [5.74, 6) is 0.0335. The van der Waals surface area contributed by atoms with E-state index in [4.69, 9.17) is 0 Å². The van der Waals surface area contributed by atoms with Gasteiger partial charge < -0.3 is 5.32 Å². The normalized spacial score (nSPS) is 15.3. The molecule has 3 aromatic rings. The first-order chi connectivity index (χ1) is 14.2. The first-order valence-corrected chi connectivity index (χ1v) is 11.1. The molecule has 1 aliphatic heterocycles. The van der Waals surface area contributed by atoms with Gasteiger partial charge in [-0.2, -0.15) is 0 Å². The fraction of sp³-hybridized carbons (Fsp3) is 0.333. The Morgan fingerprint density at radius 2 is 1.93 bits per heavy atom. The lowest BCUT2D eigenvalue weighted by Gasteiger charge is -2.28. The van der Waals surface area contributed by atoms with Crippen molar-refractivity contribution in [2.24, 2.45) is 0 Å². The van der Waals surface area contributed by atoms with E-state index in [0.29, 0.717) is 13.0 Å². The van der Waals surface area contributed by atoms with Gasteiger partial charge in [0.15, 0.2) is 0 Å². The molecule has 2 aromatic carbocycles. The highest BCUT2D eigenvalue weighted by molar-refractivity contribution is 7.13. The van der Waals surface area contributed by atoms with Crippen LogP contribution >= 0.6 is 11.3 Å². The van der Waals surface area contributed by atoms with Crippen molar-refractivity contribution in [1.29, 1.82) is 0 Å². The number of nitrogens with zero attached hydrogens (tertiary/aromatic N) is 2. The highest BCUT2D eigenvalue weighted by atomic mass is 32.1. The number of thiazole rings is 1. The van der Waals surface area contributed by atoms with E-state index in [-0.39, 0.29) is 11.9 Å². The van der Waals surface area contributed by atoms with Gasteiger partial charge in [-0.25, -0.2) is 4.98 Å². The molecule has 1 unspecified atom stereocenters. The number of likely N-dealkylation sites (tertiary alicyclic amines) is 1. The van der Waals surface area contributed by atoms with Crippen LogP contribution in [0.5, 0.6) is 0 Å². The number of rotatable bonds is 7. The summed E-state index contributed by atoms with van der Waals surface area (Å²) in [6.07, 6.45) is 2.79. The zero-order valence-electron chi connectivity index (χ0n) is 16.8. The monoisotopic (exact) mass is 405 g/mol. The maximum Gasteiger partial charge on any atom is 0.226 e. The lowest BCUT2D eigenvalue weighted by molar-refractivity contribution is -0.120. The van der Waals surface area contributed by atoms with Gasteiger partial charge >= 0.3 is 0 Å². The van der Waals surface area contributed by atoms with Crippen molar-refractivity contribution in [1.82, 2.24) is 15.2 Å². The zero-order valence-corrected chi connectivity index (χ0v) is 17.6. The Hall–Kier alpha value is -2.50. The Morgan fingerprint density at radius 3 is 2.69 bits per heavy atom. The number of benzene rings is 2. The molecule has 0 aliphatic carbocycles. The Morgan fingerprint density at radius 1 is 1.14 bits per heavy atom. The fourth-order valence-electron chi connectivity index (χ4n) is 3.92. The lowest BCUT2D eigenvalue weighted by Crippen LogP contribution is -2.37. The molecule has 1 atom stereocenters. The van der Waals surface area contributed by atoms with Gasteiger partial charge in [0.05, 0.1) is 18.2 Å². The lowest BCUT2D eigenvalue weighted by atomic mass is 10.1. The second-order valence-electron chi connectivity index (χ2n) is 7.66. The van der Waals surface area contributed by atoms with Crippen molar-refractivity contribution >= 4 is 17.2 Å². The second-order valence-corrected chi connectivity index (χ2v) is 8.52. The first kappa shape index (κ1) is 19.8. The zero-order chi connectivity index (χ0) is 20.1. The van der Waals surface area contributed by atoms with E-state index >= 15 is 0 Å². The van der Waals surface area contributed by atoms with Gasteiger partial charge in [-0.1, -0.05) is 54.1 Å². The molecule has 1 N–H and O–H groups in total. The number of aryl methyl sites for hydroxylation is 1. The van der Waals surface area contributed by atoms with Crippen molar-refractivity contribution in [3.63, 3.8) is 0 Å². The molecule has 0 bridgehead atoms. The van der Waals surface area contributed by atoms with E-state index in [1.165, 1.54) is 24.0 Å². The minimum absolute atomic E-state index is 0.0335. The molecule has 2 heterocycles. The molecule has 150 valence electrons. The summed E-state index contributed by atoms with van der Waals surface area (Å²) in [7, 11) is 0. The highest BCUT2D eigenvalue weighted by Gasteiger charge is 2.23. The van der Waals surface area contributed by atoms with Gasteiger partial charge in [-0.15, -0.1) is 11.3 Å². The van der Waals surface area contributed by atoms with E-state index in [9.17, 15) is 4.79 Å². The predicted octanol–water partition coefficient (Wildman–Crippen LogP) is 4.61. The minimum Gasteiger partial charge on any atom is -0.354 e. The molecule has 5 heteroatoms. The summed E-state index contributed by atoms with van der Waals surface area (Å²) in [4.78, 5) is 19.8. The van der Waals surface area contributed by atoms with Crippen LogP contribution in [0, 0.1) is 6.92 Å². The van der Waals surface area contributed by atoms with Gasteiger partial charge in [0.1, 0.15) is 5.01 Å². The Bertz CT molecular complexity index is 948. The van der Waals surface area contributed by atoms with Crippen LogP contribution in [0.4, 0.5) is 0 Å². The smallest absolute Gasteiger partial charge is 0.226 e. The van der Waals surface area contributed by atoms with Gasteiger partial charge in [0, 0.05) is 17.5 Å². The topological polar surface area (TPSA) is 45.2 Å². The molecule has 0 spiro atoms. The standard InChI is InChI=1S/C24H27N3OS/c1-18-8-7-11-20(14-18)24-26-21(17-29-24)15-23(28)25-16-22(27-12-5-6-13-27)19-9-3-2-4-10-19/h2-4,7-11,14,17,22H,5-6,12-13,15-16H2,1H3,(H,25,28). The number of nitrogens with one attached hydrogen (secondary N) is 1. The maximum atomic E-state index is 12.6.